The molecule has 136 valence electrons. The van der Waals surface area contributed by atoms with E-state index in [0.717, 1.165) is 49.4 Å². The van der Waals surface area contributed by atoms with Gasteiger partial charge in [0, 0.05) is 37.7 Å². The van der Waals surface area contributed by atoms with Crippen molar-refractivity contribution in [2.45, 2.75) is 13.8 Å². The van der Waals surface area contributed by atoms with E-state index in [9.17, 15) is 0 Å². The minimum Gasteiger partial charge on any atom is -0.306 e. The van der Waals surface area contributed by atoms with Crippen molar-refractivity contribution in [3.05, 3.63) is 0 Å². The van der Waals surface area contributed by atoms with E-state index in [1.165, 1.54) is 0 Å². The molecule has 0 radical (unpaired) electrons. The Labute approximate surface area is 162 Å². The van der Waals surface area contributed by atoms with Crippen LogP contribution in [0.25, 0.3) is 0 Å². The average Bonchev–Trinajstić information content (AvgIpc) is 2.54. The third kappa shape index (κ3) is 29.9. The average molecular weight is 425 g/mol. The van der Waals surface area contributed by atoms with Crippen molar-refractivity contribution in [3.63, 3.8) is 0 Å². The smallest absolute Gasteiger partial charge is 0.0523 e. The first-order valence-corrected chi connectivity index (χ1v) is 14.7. The van der Waals surface area contributed by atoms with Gasteiger partial charge in [-0.15, -0.1) is 0 Å². The fraction of sp³-hybridized carbons (Fsp3) is 1.00. The van der Waals surface area contributed by atoms with E-state index in [1.54, 1.807) is 45.5 Å². The van der Waals surface area contributed by atoms with Crippen LogP contribution >= 0.6 is 67.1 Å². The zero-order chi connectivity index (χ0) is 16.7. The van der Waals surface area contributed by atoms with E-state index in [2.05, 4.69) is 46.4 Å². The highest BCUT2D eigenvalue weighted by Gasteiger charge is 1.87. The number of hydrogen-bond acceptors (Lipinski definition) is 10. The third-order valence-corrected chi connectivity index (χ3v) is 6.49. The second-order valence-corrected chi connectivity index (χ2v) is 11.0. The van der Waals surface area contributed by atoms with Gasteiger partial charge in [0.25, 0.3) is 0 Å². The molecule has 4 nitrogen and oxygen atoms in total. The summed E-state index contributed by atoms with van der Waals surface area (Å²) in [6.45, 7) is 8.51. The van der Waals surface area contributed by atoms with Gasteiger partial charge in [0.05, 0.1) is 11.8 Å². The van der Waals surface area contributed by atoms with Crippen LogP contribution in [0.15, 0.2) is 0 Å². The van der Waals surface area contributed by atoms with E-state index in [1.807, 2.05) is 21.6 Å². The van der Waals surface area contributed by atoms with Gasteiger partial charge in [0.2, 0.25) is 0 Å². The van der Waals surface area contributed by atoms with Crippen molar-refractivity contribution in [3.8, 4) is 0 Å². The lowest BCUT2D eigenvalue weighted by Crippen LogP contribution is -2.23. The van der Waals surface area contributed by atoms with Crippen molar-refractivity contribution in [2.75, 3.05) is 61.9 Å². The topological polar surface area (TPSA) is 48.1 Å². The second-order valence-electron chi connectivity index (χ2n) is 3.51. The van der Waals surface area contributed by atoms with E-state index in [4.69, 9.17) is 0 Å². The highest BCUT2D eigenvalue weighted by molar-refractivity contribution is 8.76. The molecule has 0 unspecified atom stereocenters. The molecule has 0 rings (SSSR count). The number of hydrogen-bond donors (Lipinski definition) is 4. The molecule has 0 aromatic rings. The van der Waals surface area contributed by atoms with Crippen molar-refractivity contribution < 1.29 is 0 Å². The van der Waals surface area contributed by atoms with Crippen LogP contribution in [-0.2, 0) is 0 Å². The van der Waals surface area contributed by atoms with Gasteiger partial charge in [-0.1, -0.05) is 80.9 Å². The van der Waals surface area contributed by atoms with Crippen LogP contribution in [0.3, 0.4) is 0 Å². The lowest BCUT2D eigenvalue weighted by atomic mass is 10.7. The van der Waals surface area contributed by atoms with Crippen LogP contribution in [0.5, 0.6) is 0 Å². The third-order valence-electron chi connectivity index (χ3n) is 1.86. The standard InChI is InChI=1S/2C6H16N2S3/c2*1-3-10-8-5-4-7-6-11-9-2/h2*7-8H,3-6H2,1-2H3. The first kappa shape index (κ1) is 26.2. The molecule has 0 heterocycles. The zero-order valence-electron chi connectivity index (χ0n) is 14.1. The predicted octanol–water partition coefficient (Wildman–Crippen LogP) is 3.60. The Kier molecular flexibility index (Phi) is 33.0. The summed E-state index contributed by atoms with van der Waals surface area (Å²) >= 11 is 3.54. The van der Waals surface area contributed by atoms with Crippen LogP contribution in [0.1, 0.15) is 13.8 Å². The first-order chi connectivity index (χ1) is 10.8. The molecular formula is C12H32N4S6. The zero-order valence-corrected chi connectivity index (χ0v) is 19.0. The van der Waals surface area contributed by atoms with Crippen molar-refractivity contribution in [1.82, 2.24) is 20.1 Å². The van der Waals surface area contributed by atoms with Crippen LogP contribution in [0.4, 0.5) is 0 Å². The van der Waals surface area contributed by atoms with Gasteiger partial charge < -0.3 is 10.6 Å². The predicted molar refractivity (Wildman–Crippen MR) is 120 cm³/mol. The highest BCUT2D eigenvalue weighted by Crippen LogP contribution is 2.14. The maximum atomic E-state index is 3.31. The molecule has 0 atom stereocenters. The van der Waals surface area contributed by atoms with Crippen LogP contribution in [0, 0.1) is 0 Å². The molecule has 22 heavy (non-hydrogen) atoms. The molecule has 0 aliphatic carbocycles. The lowest BCUT2D eigenvalue weighted by Gasteiger charge is -2.03. The van der Waals surface area contributed by atoms with E-state index < -0.39 is 0 Å². The molecular weight excluding hydrogens is 393 g/mol. The van der Waals surface area contributed by atoms with Crippen molar-refractivity contribution >= 4 is 67.1 Å². The Balaban J connectivity index is 0. The van der Waals surface area contributed by atoms with E-state index in [-0.39, 0.29) is 0 Å². The fourth-order valence-electron chi connectivity index (χ4n) is 0.973. The molecule has 0 saturated carbocycles. The number of nitrogens with one attached hydrogen (secondary N) is 4. The molecule has 0 aliphatic rings. The summed E-state index contributed by atoms with van der Waals surface area (Å²) in [4.78, 5) is 0. The molecule has 0 aromatic heterocycles. The molecule has 0 spiro atoms. The second kappa shape index (κ2) is 27.8. The minimum atomic E-state index is 1.04. The highest BCUT2D eigenvalue weighted by atomic mass is 33.1. The largest absolute Gasteiger partial charge is 0.306 e. The summed E-state index contributed by atoms with van der Waals surface area (Å²) in [5.41, 5.74) is 0. The van der Waals surface area contributed by atoms with Gasteiger partial charge in [0.15, 0.2) is 0 Å². The van der Waals surface area contributed by atoms with Crippen LogP contribution < -0.4 is 20.1 Å². The Morgan fingerprint density at radius 1 is 0.636 bits per heavy atom. The summed E-state index contributed by atoms with van der Waals surface area (Å²) in [6, 6.07) is 0. The van der Waals surface area contributed by atoms with E-state index in [0.29, 0.717) is 0 Å². The van der Waals surface area contributed by atoms with Gasteiger partial charge in [0.1, 0.15) is 0 Å². The van der Waals surface area contributed by atoms with Crippen molar-refractivity contribution in [2.24, 2.45) is 0 Å². The molecule has 0 aromatic carbocycles. The summed E-state index contributed by atoms with van der Waals surface area (Å²) < 4.78 is 6.50. The molecule has 0 aliphatic heterocycles. The molecule has 0 amide bonds. The molecule has 0 saturated heterocycles. The van der Waals surface area contributed by atoms with Crippen LogP contribution in [0.2, 0.25) is 0 Å². The minimum absolute atomic E-state index is 1.04. The molecule has 0 bridgehead atoms. The quantitative estimate of drug-likeness (QED) is 0.128. The van der Waals surface area contributed by atoms with E-state index >= 15 is 0 Å². The maximum Gasteiger partial charge on any atom is 0.0523 e. The first-order valence-electron chi connectivity index (χ1n) is 7.25. The summed E-state index contributed by atoms with van der Waals surface area (Å²) in [7, 11) is 7.28. The van der Waals surface area contributed by atoms with Crippen molar-refractivity contribution in [1.29, 1.82) is 0 Å². The summed E-state index contributed by atoms with van der Waals surface area (Å²) in [5, 5.41) is 6.62. The van der Waals surface area contributed by atoms with Gasteiger partial charge in [-0.05, 0) is 12.5 Å². The molecule has 10 heteroatoms. The van der Waals surface area contributed by atoms with Gasteiger partial charge >= 0.3 is 0 Å². The molecule has 0 fully saturated rings. The Bertz CT molecular complexity index is 148. The van der Waals surface area contributed by atoms with Crippen LogP contribution in [-0.4, -0.2) is 61.9 Å². The maximum absolute atomic E-state index is 3.31. The molecule has 4 N–H and O–H groups in total. The Hall–Kier alpha value is 1.94. The number of rotatable bonds is 16. The fourth-order valence-corrected chi connectivity index (χ4v) is 3.77. The Morgan fingerprint density at radius 2 is 1.05 bits per heavy atom. The normalized spacial score (nSPS) is 10.4. The SMILES string of the molecule is CCSNCCNCSSC.CCSNCCNCSSC. The lowest BCUT2D eigenvalue weighted by molar-refractivity contribution is 0.762. The van der Waals surface area contributed by atoms with Gasteiger partial charge in [-0.2, -0.15) is 0 Å². The van der Waals surface area contributed by atoms with Gasteiger partial charge in [-0.25, -0.2) is 0 Å². The summed E-state index contributed by atoms with van der Waals surface area (Å²) in [5.74, 6) is 4.36. The Morgan fingerprint density at radius 3 is 1.36 bits per heavy atom. The monoisotopic (exact) mass is 424 g/mol. The summed E-state index contributed by atoms with van der Waals surface area (Å²) in [6.07, 6.45) is 4.19. The van der Waals surface area contributed by atoms with Gasteiger partial charge in [-0.3, -0.25) is 9.44 Å².